The summed E-state index contributed by atoms with van der Waals surface area (Å²) in [5, 5.41) is 8.90. The van der Waals surface area contributed by atoms with Crippen molar-refractivity contribution in [3.63, 3.8) is 0 Å². The molecular formula is C18H25N3S. The predicted octanol–water partition coefficient (Wildman–Crippen LogP) is 3.82. The summed E-state index contributed by atoms with van der Waals surface area (Å²) in [5.41, 5.74) is 1.39. The van der Waals surface area contributed by atoms with Gasteiger partial charge in [-0.3, -0.25) is 0 Å². The SMILES string of the molecule is CCNC(=NCc1cccs1)NC(C)CCc1ccccc1. The van der Waals surface area contributed by atoms with E-state index in [1.54, 1.807) is 11.3 Å². The third-order valence-electron chi connectivity index (χ3n) is 3.41. The number of guanidine groups is 1. The van der Waals surface area contributed by atoms with Crippen molar-refractivity contribution in [2.24, 2.45) is 4.99 Å². The summed E-state index contributed by atoms with van der Waals surface area (Å²) in [4.78, 5) is 5.94. The first-order valence-corrected chi connectivity index (χ1v) is 8.77. The van der Waals surface area contributed by atoms with Crippen LogP contribution in [-0.4, -0.2) is 18.5 Å². The molecular weight excluding hydrogens is 290 g/mol. The summed E-state index contributed by atoms with van der Waals surface area (Å²) in [5.74, 6) is 0.900. The maximum Gasteiger partial charge on any atom is 0.191 e. The maximum absolute atomic E-state index is 4.66. The minimum absolute atomic E-state index is 0.390. The number of hydrogen-bond donors (Lipinski definition) is 2. The molecule has 0 aliphatic rings. The first kappa shape index (κ1) is 16.6. The Kier molecular flexibility index (Phi) is 6.97. The second-order valence-electron chi connectivity index (χ2n) is 5.34. The van der Waals surface area contributed by atoms with Crippen molar-refractivity contribution in [2.45, 2.75) is 39.3 Å². The Labute approximate surface area is 137 Å². The molecule has 1 aromatic carbocycles. The molecule has 0 aliphatic carbocycles. The van der Waals surface area contributed by atoms with Gasteiger partial charge in [0.15, 0.2) is 5.96 Å². The van der Waals surface area contributed by atoms with E-state index in [2.05, 4.69) is 77.3 Å². The molecule has 2 aromatic rings. The number of aryl methyl sites for hydroxylation is 1. The van der Waals surface area contributed by atoms with Crippen LogP contribution < -0.4 is 10.6 Å². The fourth-order valence-electron chi connectivity index (χ4n) is 2.21. The number of benzene rings is 1. The third kappa shape index (κ3) is 5.90. The molecule has 3 nitrogen and oxygen atoms in total. The molecule has 1 atom stereocenters. The average molecular weight is 315 g/mol. The topological polar surface area (TPSA) is 36.4 Å². The lowest BCUT2D eigenvalue weighted by atomic mass is 10.1. The van der Waals surface area contributed by atoms with E-state index in [1.165, 1.54) is 10.4 Å². The van der Waals surface area contributed by atoms with E-state index >= 15 is 0 Å². The van der Waals surface area contributed by atoms with Gasteiger partial charge < -0.3 is 10.6 Å². The number of thiophene rings is 1. The standard InChI is InChI=1S/C18H25N3S/c1-3-19-18(20-14-17-10-7-13-22-17)21-15(2)11-12-16-8-5-4-6-9-16/h4-10,13,15H,3,11-12,14H2,1-2H3,(H2,19,20,21). The number of nitrogens with zero attached hydrogens (tertiary/aromatic N) is 1. The smallest absolute Gasteiger partial charge is 0.191 e. The van der Waals surface area contributed by atoms with Crippen molar-refractivity contribution >= 4 is 17.3 Å². The van der Waals surface area contributed by atoms with Crippen LogP contribution in [0.25, 0.3) is 0 Å². The van der Waals surface area contributed by atoms with Crippen molar-refractivity contribution in [1.29, 1.82) is 0 Å². The zero-order chi connectivity index (χ0) is 15.6. The van der Waals surface area contributed by atoms with E-state index in [1.807, 2.05) is 0 Å². The van der Waals surface area contributed by atoms with Gasteiger partial charge in [-0.2, -0.15) is 0 Å². The highest BCUT2D eigenvalue weighted by Crippen LogP contribution is 2.09. The summed E-state index contributed by atoms with van der Waals surface area (Å²) in [6, 6.07) is 15.2. The molecule has 4 heteroatoms. The molecule has 0 bridgehead atoms. The summed E-state index contributed by atoms with van der Waals surface area (Å²) in [7, 11) is 0. The highest BCUT2D eigenvalue weighted by molar-refractivity contribution is 7.09. The number of hydrogen-bond acceptors (Lipinski definition) is 2. The lowest BCUT2D eigenvalue weighted by molar-refractivity contribution is 0.593. The van der Waals surface area contributed by atoms with Crippen molar-refractivity contribution in [2.75, 3.05) is 6.54 Å². The van der Waals surface area contributed by atoms with E-state index in [-0.39, 0.29) is 0 Å². The van der Waals surface area contributed by atoms with Gasteiger partial charge in [0.2, 0.25) is 0 Å². The van der Waals surface area contributed by atoms with Crippen molar-refractivity contribution < 1.29 is 0 Å². The monoisotopic (exact) mass is 315 g/mol. The third-order valence-corrected chi connectivity index (χ3v) is 4.27. The Morgan fingerprint density at radius 2 is 2.00 bits per heavy atom. The Balaban J connectivity index is 1.82. The van der Waals surface area contributed by atoms with Gasteiger partial charge in [-0.05, 0) is 43.7 Å². The highest BCUT2D eigenvalue weighted by Gasteiger charge is 2.05. The Morgan fingerprint density at radius 1 is 1.18 bits per heavy atom. The predicted molar refractivity (Wildman–Crippen MR) is 96.5 cm³/mol. The molecule has 1 heterocycles. The van der Waals surface area contributed by atoms with Crippen molar-refractivity contribution in [3.8, 4) is 0 Å². The largest absolute Gasteiger partial charge is 0.357 e. The van der Waals surface area contributed by atoms with Gasteiger partial charge in [-0.25, -0.2) is 4.99 Å². The van der Waals surface area contributed by atoms with E-state index < -0.39 is 0 Å². The van der Waals surface area contributed by atoms with Crippen LogP contribution >= 0.6 is 11.3 Å². The zero-order valence-corrected chi connectivity index (χ0v) is 14.2. The van der Waals surface area contributed by atoms with Crippen molar-refractivity contribution in [3.05, 3.63) is 58.3 Å². The number of aliphatic imine (C=N–C) groups is 1. The van der Waals surface area contributed by atoms with Gasteiger partial charge in [0, 0.05) is 17.5 Å². The maximum atomic E-state index is 4.66. The van der Waals surface area contributed by atoms with Crippen molar-refractivity contribution in [1.82, 2.24) is 10.6 Å². The molecule has 118 valence electrons. The lowest BCUT2D eigenvalue weighted by Gasteiger charge is -2.17. The normalized spacial score (nSPS) is 12.9. The molecule has 22 heavy (non-hydrogen) atoms. The van der Waals surface area contributed by atoms with Crippen LogP contribution in [-0.2, 0) is 13.0 Å². The van der Waals surface area contributed by atoms with Crippen LogP contribution in [0, 0.1) is 0 Å². The molecule has 0 saturated heterocycles. The molecule has 0 saturated carbocycles. The first-order valence-electron chi connectivity index (χ1n) is 7.89. The van der Waals surface area contributed by atoms with E-state index in [0.717, 1.165) is 31.9 Å². The number of rotatable bonds is 7. The highest BCUT2D eigenvalue weighted by atomic mass is 32.1. The van der Waals surface area contributed by atoms with Crippen LogP contribution in [0.15, 0.2) is 52.8 Å². The van der Waals surface area contributed by atoms with Gasteiger partial charge in [-0.1, -0.05) is 36.4 Å². The molecule has 0 aliphatic heterocycles. The minimum Gasteiger partial charge on any atom is -0.357 e. The summed E-state index contributed by atoms with van der Waals surface area (Å²) in [6.07, 6.45) is 2.17. The minimum atomic E-state index is 0.390. The van der Waals surface area contributed by atoms with Crippen LogP contribution in [0.5, 0.6) is 0 Å². The molecule has 1 unspecified atom stereocenters. The molecule has 1 aromatic heterocycles. The van der Waals surface area contributed by atoms with E-state index in [4.69, 9.17) is 0 Å². The van der Waals surface area contributed by atoms with Gasteiger partial charge in [0.05, 0.1) is 6.54 Å². The zero-order valence-electron chi connectivity index (χ0n) is 13.4. The van der Waals surface area contributed by atoms with Crippen LogP contribution in [0.4, 0.5) is 0 Å². The van der Waals surface area contributed by atoms with Crippen LogP contribution in [0.2, 0.25) is 0 Å². The molecule has 0 fully saturated rings. The lowest BCUT2D eigenvalue weighted by Crippen LogP contribution is -2.42. The van der Waals surface area contributed by atoms with E-state index in [0.29, 0.717) is 6.04 Å². The second kappa shape index (κ2) is 9.26. The van der Waals surface area contributed by atoms with Gasteiger partial charge in [-0.15, -0.1) is 11.3 Å². The van der Waals surface area contributed by atoms with Gasteiger partial charge >= 0.3 is 0 Å². The molecule has 2 N–H and O–H groups in total. The Hall–Kier alpha value is -1.81. The molecule has 2 rings (SSSR count). The van der Waals surface area contributed by atoms with E-state index in [9.17, 15) is 0 Å². The van der Waals surface area contributed by atoms with Gasteiger partial charge in [0.25, 0.3) is 0 Å². The molecule has 0 radical (unpaired) electrons. The Morgan fingerprint density at radius 3 is 2.68 bits per heavy atom. The summed E-state index contributed by atoms with van der Waals surface area (Å²) >= 11 is 1.75. The summed E-state index contributed by atoms with van der Waals surface area (Å²) in [6.45, 7) is 5.91. The average Bonchev–Trinajstić information content (AvgIpc) is 3.05. The molecule has 0 spiro atoms. The molecule has 0 amide bonds. The fraction of sp³-hybridized carbons (Fsp3) is 0.389. The fourth-order valence-corrected chi connectivity index (χ4v) is 2.84. The number of nitrogens with one attached hydrogen (secondary N) is 2. The Bertz CT molecular complexity index is 549. The van der Waals surface area contributed by atoms with Crippen LogP contribution in [0.3, 0.4) is 0 Å². The van der Waals surface area contributed by atoms with Crippen LogP contribution in [0.1, 0.15) is 30.7 Å². The summed E-state index contributed by atoms with van der Waals surface area (Å²) < 4.78 is 0. The second-order valence-corrected chi connectivity index (χ2v) is 6.38. The van der Waals surface area contributed by atoms with Gasteiger partial charge in [0.1, 0.15) is 0 Å². The first-order chi connectivity index (χ1) is 10.8. The quantitative estimate of drug-likeness (QED) is 0.602.